The van der Waals surface area contributed by atoms with Crippen molar-refractivity contribution >= 4 is 23.6 Å². The highest BCUT2D eigenvalue weighted by atomic mass is 16.5. The number of urea groups is 1. The normalized spacial score (nSPS) is 13.9. The number of aromatic carboxylic acids is 1. The summed E-state index contributed by atoms with van der Waals surface area (Å²) in [7, 11) is 1.57. The average Bonchev–Trinajstić information content (AvgIpc) is 2.99. The Kier molecular flexibility index (Phi) is 10.7. The monoisotopic (exact) mass is 559 g/mol. The summed E-state index contributed by atoms with van der Waals surface area (Å²) in [6.45, 7) is 3.64. The Balaban J connectivity index is 1.30. The first kappa shape index (κ1) is 29.6. The van der Waals surface area contributed by atoms with E-state index < -0.39 is 5.97 Å². The molecule has 1 fully saturated rings. The molecule has 0 spiro atoms. The zero-order chi connectivity index (χ0) is 29.0. The van der Waals surface area contributed by atoms with E-state index in [0.29, 0.717) is 24.5 Å². The maximum Gasteiger partial charge on any atom is 0.335 e. The Morgan fingerprint density at radius 1 is 0.927 bits per heavy atom. The van der Waals surface area contributed by atoms with Crippen LogP contribution in [0.3, 0.4) is 0 Å². The molecular formula is C31H37N5O5. The fourth-order valence-electron chi connectivity index (χ4n) is 4.86. The highest BCUT2D eigenvalue weighted by Gasteiger charge is 2.26. The lowest BCUT2D eigenvalue weighted by molar-refractivity contribution is -0.118. The molecule has 1 heterocycles. The van der Waals surface area contributed by atoms with Gasteiger partial charge < -0.3 is 25.8 Å². The summed E-state index contributed by atoms with van der Waals surface area (Å²) in [6.07, 6.45) is 1.76. The van der Waals surface area contributed by atoms with Gasteiger partial charge in [-0.3, -0.25) is 14.6 Å². The van der Waals surface area contributed by atoms with E-state index in [-0.39, 0.29) is 30.1 Å². The van der Waals surface area contributed by atoms with Crippen molar-refractivity contribution in [2.75, 3.05) is 45.1 Å². The largest absolute Gasteiger partial charge is 0.478 e. The summed E-state index contributed by atoms with van der Waals surface area (Å²) in [5, 5.41) is 17.5. The van der Waals surface area contributed by atoms with Crippen LogP contribution in [0.1, 0.15) is 28.8 Å². The van der Waals surface area contributed by atoms with Gasteiger partial charge in [-0.15, -0.1) is 0 Å². The van der Waals surface area contributed by atoms with Crippen molar-refractivity contribution in [2.24, 2.45) is 0 Å². The number of rotatable bonds is 12. The third-order valence-electron chi connectivity index (χ3n) is 7.06. The Morgan fingerprint density at radius 3 is 2.22 bits per heavy atom. The van der Waals surface area contributed by atoms with Gasteiger partial charge in [-0.25, -0.2) is 9.59 Å². The summed E-state index contributed by atoms with van der Waals surface area (Å²) >= 11 is 0. The molecule has 1 aliphatic heterocycles. The van der Waals surface area contributed by atoms with E-state index in [2.05, 4.69) is 25.8 Å². The molecule has 3 aromatic rings. The molecule has 4 rings (SSSR count). The number of para-hydroxylation sites is 1. The molecule has 0 bridgehead atoms. The molecule has 216 valence electrons. The number of carboxylic acids is 1. The number of piperidine rings is 1. The second kappa shape index (κ2) is 14.8. The number of nitrogens with one attached hydrogen (secondary N) is 3. The topological polar surface area (TPSA) is 123 Å². The van der Waals surface area contributed by atoms with Gasteiger partial charge in [-0.1, -0.05) is 30.3 Å². The summed E-state index contributed by atoms with van der Waals surface area (Å²) in [5.74, 6) is 0.372. The fraction of sp³-hybridized carbons (Fsp3) is 0.323. The number of carbonyl (C=O) groups excluding carboxylic acids is 2. The lowest BCUT2D eigenvalue weighted by atomic mass is 10.0. The van der Waals surface area contributed by atoms with Gasteiger partial charge in [0.05, 0.1) is 12.1 Å². The van der Waals surface area contributed by atoms with E-state index >= 15 is 0 Å². The van der Waals surface area contributed by atoms with Gasteiger partial charge in [-0.05, 0) is 80.0 Å². The molecule has 1 saturated heterocycles. The molecule has 0 saturated carbocycles. The van der Waals surface area contributed by atoms with Crippen LogP contribution >= 0.6 is 0 Å². The smallest absolute Gasteiger partial charge is 0.335 e. The molecule has 3 amide bonds. The highest BCUT2D eigenvalue weighted by molar-refractivity contribution is 5.92. The lowest BCUT2D eigenvalue weighted by Crippen LogP contribution is -2.49. The molecule has 0 aliphatic carbocycles. The van der Waals surface area contributed by atoms with Crippen LogP contribution < -0.4 is 20.7 Å². The van der Waals surface area contributed by atoms with E-state index in [1.54, 1.807) is 19.2 Å². The SMILES string of the molecule is CNC(=O)NCCN(CC(=O)Nc1ccc(Oc2ccccc2)cc1)C1CCN(Cc2ccc(C(=O)O)cc2)CC1. The van der Waals surface area contributed by atoms with E-state index in [4.69, 9.17) is 9.84 Å². The van der Waals surface area contributed by atoms with Gasteiger partial charge in [-0.2, -0.15) is 0 Å². The minimum atomic E-state index is -0.929. The molecule has 41 heavy (non-hydrogen) atoms. The molecule has 4 N–H and O–H groups in total. The van der Waals surface area contributed by atoms with E-state index in [9.17, 15) is 14.4 Å². The summed E-state index contributed by atoms with van der Waals surface area (Å²) in [6, 6.07) is 23.7. The molecular weight excluding hydrogens is 522 g/mol. The summed E-state index contributed by atoms with van der Waals surface area (Å²) < 4.78 is 5.83. The Labute approximate surface area is 240 Å². The van der Waals surface area contributed by atoms with Gasteiger partial charge in [0.15, 0.2) is 0 Å². The van der Waals surface area contributed by atoms with E-state index in [1.807, 2.05) is 66.7 Å². The molecule has 10 heteroatoms. The van der Waals surface area contributed by atoms with Crippen LogP contribution in [0.5, 0.6) is 11.5 Å². The molecule has 0 radical (unpaired) electrons. The predicted octanol–water partition coefficient (Wildman–Crippen LogP) is 4.01. The number of nitrogens with zero attached hydrogens (tertiary/aromatic N) is 2. The maximum absolute atomic E-state index is 13.0. The van der Waals surface area contributed by atoms with Crippen LogP contribution in [0, 0.1) is 0 Å². The standard InChI is InChI=1S/C31H37N5O5/c1-32-31(40)33-17-20-36(26-15-18-35(19-16-26)21-23-7-9-24(10-8-23)30(38)39)22-29(37)34-25-11-13-28(14-12-25)41-27-5-3-2-4-6-27/h2-14,26H,15-22H2,1H3,(H,34,37)(H,38,39)(H2,32,33,40). The lowest BCUT2D eigenvalue weighted by Gasteiger charge is -2.38. The van der Waals surface area contributed by atoms with Crippen molar-refractivity contribution in [3.05, 3.63) is 90.0 Å². The number of benzene rings is 3. The zero-order valence-corrected chi connectivity index (χ0v) is 23.2. The first-order valence-electron chi connectivity index (χ1n) is 13.8. The van der Waals surface area contributed by atoms with Crippen LogP contribution in [-0.4, -0.2) is 78.6 Å². The van der Waals surface area contributed by atoms with Crippen LogP contribution in [0.25, 0.3) is 0 Å². The Bertz CT molecular complexity index is 1280. The van der Waals surface area contributed by atoms with Crippen molar-refractivity contribution < 1.29 is 24.2 Å². The number of anilines is 1. The van der Waals surface area contributed by atoms with Crippen molar-refractivity contribution in [3.8, 4) is 11.5 Å². The maximum atomic E-state index is 13.0. The van der Waals surface area contributed by atoms with Gasteiger partial charge in [0.2, 0.25) is 5.91 Å². The average molecular weight is 560 g/mol. The van der Waals surface area contributed by atoms with Gasteiger partial charge in [0.1, 0.15) is 11.5 Å². The quantitative estimate of drug-likeness (QED) is 0.264. The number of carboxylic acid groups (broad SMARTS) is 1. The second-order valence-electron chi connectivity index (χ2n) is 9.97. The number of hydrogen-bond donors (Lipinski definition) is 4. The van der Waals surface area contributed by atoms with Crippen molar-refractivity contribution in [1.29, 1.82) is 0 Å². The van der Waals surface area contributed by atoms with E-state index in [0.717, 1.165) is 43.8 Å². The minimum Gasteiger partial charge on any atom is -0.478 e. The van der Waals surface area contributed by atoms with Crippen molar-refractivity contribution in [2.45, 2.75) is 25.4 Å². The second-order valence-corrected chi connectivity index (χ2v) is 9.97. The number of hydrogen-bond acceptors (Lipinski definition) is 6. The molecule has 1 aliphatic rings. The Hall–Kier alpha value is -4.41. The van der Waals surface area contributed by atoms with Gasteiger partial charge >= 0.3 is 12.0 Å². The zero-order valence-electron chi connectivity index (χ0n) is 23.2. The minimum absolute atomic E-state index is 0.123. The van der Waals surface area contributed by atoms with Gasteiger partial charge in [0.25, 0.3) is 0 Å². The summed E-state index contributed by atoms with van der Waals surface area (Å²) in [5.41, 5.74) is 2.03. The van der Waals surface area contributed by atoms with Crippen LogP contribution in [0.4, 0.5) is 10.5 Å². The number of amides is 3. The van der Waals surface area contributed by atoms with E-state index in [1.165, 1.54) is 0 Å². The van der Waals surface area contributed by atoms with Crippen LogP contribution in [0.2, 0.25) is 0 Å². The van der Waals surface area contributed by atoms with Crippen molar-refractivity contribution in [3.63, 3.8) is 0 Å². The number of ether oxygens (including phenoxy) is 1. The predicted molar refractivity (Wildman–Crippen MR) is 157 cm³/mol. The third kappa shape index (κ3) is 9.33. The van der Waals surface area contributed by atoms with Crippen LogP contribution in [-0.2, 0) is 11.3 Å². The molecule has 0 unspecified atom stereocenters. The fourth-order valence-corrected chi connectivity index (χ4v) is 4.86. The summed E-state index contributed by atoms with van der Waals surface area (Å²) in [4.78, 5) is 40.3. The number of carbonyl (C=O) groups is 3. The van der Waals surface area contributed by atoms with Crippen LogP contribution in [0.15, 0.2) is 78.9 Å². The molecule has 10 nitrogen and oxygen atoms in total. The first-order valence-corrected chi connectivity index (χ1v) is 13.8. The first-order chi connectivity index (χ1) is 19.9. The third-order valence-corrected chi connectivity index (χ3v) is 7.06. The molecule has 0 atom stereocenters. The Morgan fingerprint density at radius 2 is 1.59 bits per heavy atom. The molecule has 0 aromatic heterocycles. The van der Waals surface area contributed by atoms with Gasteiger partial charge in [0, 0.05) is 38.4 Å². The van der Waals surface area contributed by atoms with Crippen molar-refractivity contribution in [1.82, 2.24) is 20.4 Å². The highest BCUT2D eigenvalue weighted by Crippen LogP contribution is 2.23. The molecule has 3 aromatic carbocycles. The number of likely N-dealkylation sites (tertiary alicyclic amines) is 1.